The first-order valence-corrected chi connectivity index (χ1v) is 8.79. The number of hydrogen-bond donors (Lipinski definition) is 3. The van der Waals surface area contributed by atoms with Crippen LogP contribution in [0.2, 0.25) is 0 Å². The first kappa shape index (κ1) is 20.0. The minimum atomic E-state index is -0.423. The molecule has 1 aromatic carbocycles. The molecule has 6 heteroatoms. The van der Waals surface area contributed by atoms with E-state index < -0.39 is 4.92 Å². The lowest BCUT2D eigenvalue weighted by atomic mass is 10.1. The Morgan fingerprint density at radius 2 is 1.62 bits per heavy atom. The molecule has 0 spiro atoms. The van der Waals surface area contributed by atoms with Gasteiger partial charge in [0.25, 0.3) is 6.20 Å². The monoisotopic (exact) mass is 334 g/mol. The number of unbranched alkanes of at least 4 members (excludes halogenated alkanes) is 4. The molecule has 4 N–H and O–H groups in total. The number of aryl methyl sites for hydroxylation is 1. The van der Waals surface area contributed by atoms with Gasteiger partial charge in [-0.25, -0.2) is 0 Å². The van der Waals surface area contributed by atoms with Crippen LogP contribution < -0.4 is 16.4 Å². The molecule has 0 bridgehead atoms. The molecule has 1 rings (SSSR count). The van der Waals surface area contributed by atoms with Crippen LogP contribution in [0.3, 0.4) is 0 Å². The van der Waals surface area contributed by atoms with Gasteiger partial charge in [-0.2, -0.15) is 0 Å². The lowest BCUT2D eigenvalue weighted by Gasteiger charge is -2.11. The van der Waals surface area contributed by atoms with Gasteiger partial charge >= 0.3 is 0 Å². The van der Waals surface area contributed by atoms with Crippen molar-refractivity contribution in [1.82, 2.24) is 10.6 Å². The minimum Gasteiger partial charge on any atom is -0.367 e. The number of benzene rings is 1. The molecule has 0 unspecified atom stereocenters. The standard InChI is InChI=1S/C18H30N4O2/c19-13-7-2-1-3-8-14-20-18(16-22(23)24)21-15-9-12-17-10-5-4-6-11-17/h4-6,10-11,16,20-21H,1-3,7-9,12-15,19H2. The molecule has 0 amide bonds. The van der Waals surface area contributed by atoms with Crippen LogP contribution in [0.4, 0.5) is 0 Å². The second kappa shape index (κ2) is 13.4. The Bertz CT molecular complexity index is 477. The third kappa shape index (κ3) is 10.6. The Morgan fingerprint density at radius 3 is 2.29 bits per heavy atom. The third-order valence-corrected chi connectivity index (χ3v) is 3.73. The minimum absolute atomic E-state index is 0.423. The molecular formula is C18H30N4O2. The molecule has 0 atom stereocenters. The maximum Gasteiger partial charge on any atom is 0.274 e. The van der Waals surface area contributed by atoms with Crippen molar-refractivity contribution in [2.75, 3.05) is 19.6 Å². The topological polar surface area (TPSA) is 93.2 Å². The van der Waals surface area contributed by atoms with E-state index in [1.807, 2.05) is 18.2 Å². The average molecular weight is 334 g/mol. The van der Waals surface area contributed by atoms with Crippen LogP contribution in [-0.4, -0.2) is 24.6 Å². The first-order chi connectivity index (χ1) is 11.7. The Labute approximate surface area is 144 Å². The van der Waals surface area contributed by atoms with Gasteiger partial charge in [0.2, 0.25) is 0 Å². The van der Waals surface area contributed by atoms with Crippen molar-refractivity contribution in [3.8, 4) is 0 Å². The average Bonchev–Trinajstić information content (AvgIpc) is 2.58. The maximum absolute atomic E-state index is 10.7. The highest BCUT2D eigenvalue weighted by Crippen LogP contribution is 2.03. The molecule has 0 aliphatic rings. The number of rotatable bonds is 14. The lowest BCUT2D eigenvalue weighted by molar-refractivity contribution is -0.404. The molecule has 0 saturated heterocycles. The Balaban J connectivity index is 2.19. The summed E-state index contributed by atoms with van der Waals surface area (Å²) < 4.78 is 0. The van der Waals surface area contributed by atoms with E-state index in [0.717, 1.165) is 64.2 Å². The molecule has 0 aliphatic heterocycles. The molecule has 0 radical (unpaired) electrons. The van der Waals surface area contributed by atoms with Gasteiger partial charge in [0.05, 0.1) is 4.92 Å². The summed E-state index contributed by atoms with van der Waals surface area (Å²) in [6.07, 6.45) is 8.42. The zero-order valence-electron chi connectivity index (χ0n) is 14.4. The van der Waals surface area contributed by atoms with Gasteiger partial charge in [-0.15, -0.1) is 0 Å². The van der Waals surface area contributed by atoms with Crippen LogP contribution in [0.1, 0.15) is 44.1 Å². The summed E-state index contributed by atoms with van der Waals surface area (Å²) >= 11 is 0. The molecule has 0 saturated carbocycles. The predicted molar refractivity (Wildman–Crippen MR) is 98.0 cm³/mol. The SMILES string of the molecule is NCCCCCCCNC(=C[N+](=O)[O-])NCCCc1ccccc1. The van der Waals surface area contributed by atoms with E-state index in [2.05, 4.69) is 22.8 Å². The molecule has 1 aromatic rings. The number of hydrogen-bond acceptors (Lipinski definition) is 5. The number of nitrogens with zero attached hydrogens (tertiary/aromatic N) is 1. The van der Waals surface area contributed by atoms with Crippen LogP contribution in [0.15, 0.2) is 42.4 Å². The van der Waals surface area contributed by atoms with E-state index in [0.29, 0.717) is 12.4 Å². The van der Waals surface area contributed by atoms with Gasteiger partial charge in [0.15, 0.2) is 5.82 Å². The summed E-state index contributed by atoms with van der Waals surface area (Å²) in [6.45, 7) is 2.20. The molecule has 0 fully saturated rings. The van der Waals surface area contributed by atoms with Crippen LogP contribution >= 0.6 is 0 Å². The Morgan fingerprint density at radius 1 is 1.00 bits per heavy atom. The predicted octanol–water partition coefficient (Wildman–Crippen LogP) is 2.78. The summed E-state index contributed by atoms with van der Waals surface area (Å²) in [4.78, 5) is 10.3. The quantitative estimate of drug-likeness (QED) is 0.276. The van der Waals surface area contributed by atoms with Crippen LogP contribution in [-0.2, 0) is 6.42 Å². The molecule has 0 aromatic heterocycles. The summed E-state index contributed by atoms with van der Waals surface area (Å²) in [5, 5.41) is 17.0. The van der Waals surface area contributed by atoms with Crippen molar-refractivity contribution in [2.45, 2.75) is 44.9 Å². The highest BCUT2D eigenvalue weighted by molar-refractivity contribution is 5.14. The van der Waals surface area contributed by atoms with E-state index in [9.17, 15) is 10.1 Å². The summed E-state index contributed by atoms with van der Waals surface area (Å²) in [7, 11) is 0. The summed E-state index contributed by atoms with van der Waals surface area (Å²) in [5.41, 5.74) is 6.74. The van der Waals surface area contributed by atoms with Crippen molar-refractivity contribution in [3.05, 3.63) is 58.0 Å². The third-order valence-electron chi connectivity index (χ3n) is 3.73. The van der Waals surface area contributed by atoms with Crippen molar-refractivity contribution in [2.24, 2.45) is 5.73 Å². The molecule has 0 aliphatic carbocycles. The maximum atomic E-state index is 10.7. The van der Waals surface area contributed by atoms with Crippen LogP contribution in [0.5, 0.6) is 0 Å². The fourth-order valence-electron chi connectivity index (χ4n) is 2.44. The normalized spacial score (nSPS) is 11.3. The van der Waals surface area contributed by atoms with E-state index in [-0.39, 0.29) is 0 Å². The largest absolute Gasteiger partial charge is 0.367 e. The zero-order valence-corrected chi connectivity index (χ0v) is 14.4. The molecular weight excluding hydrogens is 304 g/mol. The van der Waals surface area contributed by atoms with E-state index in [1.54, 1.807) is 0 Å². The molecule has 134 valence electrons. The highest BCUT2D eigenvalue weighted by Gasteiger charge is 2.02. The zero-order chi connectivity index (χ0) is 17.5. The van der Waals surface area contributed by atoms with Gasteiger partial charge < -0.3 is 16.4 Å². The second-order valence-electron chi connectivity index (χ2n) is 5.83. The summed E-state index contributed by atoms with van der Waals surface area (Å²) in [5.74, 6) is 0.495. The Hall–Kier alpha value is -2.08. The Kier molecular flexibility index (Phi) is 11.1. The van der Waals surface area contributed by atoms with Crippen molar-refractivity contribution in [3.63, 3.8) is 0 Å². The van der Waals surface area contributed by atoms with Crippen molar-refractivity contribution < 1.29 is 4.92 Å². The van der Waals surface area contributed by atoms with E-state index in [1.165, 1.54) is 5.56 Å². The smallest absolute Gasteiger partial charge is 0.274 e. The fraction of sp³-hybridized carbons (Fsp3) is 0.556. The van der Waals surface area contributed by atoms with Gasteiger partial charge in [0, 0.05) is 13.1 Å². The van der Waals surface area contributed by atoms with Crippen LogP contribution in [0.25, 0.3) is 0 Å². The number of nitrogens with two attached hydrogens (primary N) is 1. The van der Waals surface area contributed by atoms with Crippen molar-refractivity contribution >= 4 is 0 Å². The molecule has 6 nitrogen and oxygen atoms in total. The fourth-order valence-corrected chi connectivity index (χ4v) is 2.44. The second-order valence-corrected chi connectivity index (χ2v) is 5.83. The van der Waals surface area contributed by atoms with E-state index >= 15 is 0 Å². The van der Waals surface area contributed by atoms with Crippen molar-refractivity contribution in [1.29, 1.82) is 0 Å². The van der Waals surface area contributed by atoms with Gasteiger partial charge in [0.1, 0.15) is 0 Å². The highest BCUT2D eigenvalue weighted by atomic mass is 16.6. The van der Waals surface area contributed by atoms with Gasteiger partial charge in [-0.3, -0.25) is 10.1 Å². The number of nitro groups is 1. The lowest BCUT2D eigenvalue weighted by Crippen LogP contribution is -2.29. The first-order valence-electron chi connectivity index (χ1n) is 8.79. The molecule has 24 heavy (non-hydrogen) atoms. The number of nitrogens with one attached hydrogen (secondary N) is 2. The molecule has 0 heterocycles. The van der Waals surface area contributed by atoms with Crippen LogP contribution in [0, 0.1) is 10.1 Å². The van der Waals surface area contributed by atoms with Gasteiger partial charge in [-0.1, -0.05) is 49.6 Å². The van der Waals surface area contributed by atoms with E-state index in [4.69, 9.17) is 5.73 Å². The summed E-state index contributed by atoms with van der Waals surface area (Å²) in [6, 6.07) is 10.2. The van der Waals surface area contributed by atoms with Gasteiger partial charge in [-0.05, 0) is 37.8 Å².